The number of aromatic nitrogens is 2. The molecule has 21 heavy (non-hydrogen) atoms. The summed E-state index contributed by atoms with van der Waals surface area (Å²) in [6.45, 7) is 2.01. The number of hydrogen-bond donors (Lipinski definition) is 2. The molecule has 0 saturated heterocycles. The zero-order chi connectivity index (χ0) is 15.0. The van der Waals surface area contributed by atoms with E-state index in [1.807, 2.05) is 25.1 Å². The van der Waals surface area contributed by atoms with E-state index in [4.69, 9.17) is 5.11 Å². The average Bonchev–Trinajstić information content (AvgIpc) is 2.78. The number of hydrogen-bond acceptors (Lipinski definition) is 2. The second-order valence-corrected chi connectivity index (χ2v) is 5.00. The van der Waals surface area contributed by atoms with Crippen LogP contribution in [0.15, 0.2) is 36.4 Å². The molecule has 0 atom stereocenters. The molecule has 3 aromatic rings. The van der Waals surface area contributed by atoms with Crippen LogP contribution in [0.2, 0.25) is 0 Å². The van der Waals surface area contributed by atoms with Crippen molar-refractivity contribution < 1.29 is 14.3 Å². The fourth-order valence-corrected chi connectivity index (χ4v) is 2.35. The van der Waals surface area contributed by atoms with Gasteiger partial charge in [0.05, 0.1) is 16.6 Å². The minimum absolute atomic E-state index is 0.365. The lowest BCUT2D eigenvalue weighted by Crippen LogP contribution is -1.99. The van der Waals surface area contributed by atoms with Crippen LogP contribution in [0.5, 0.6) is 0 Å². The highest BCUT2D eigenvalue weighted by molar-refractivity contribution is 5.92. The standard InChI is InChI=1S/C16H13FN2O2/c1-9-3-2-4-10(5-9)6-15-18-13-7-11(16(20)21)12(17)8-14(13)19-15/h2-5,7-8H,6H2,1H3,(H,18,19)(H,20,21). The first kappa shape index (κ1) is 13.3. The number of carboxylic acids is 1. The Morgan fingerprint density at radius 2 is 2.14 bits per heavy atom. The van der Waals surface area contributed by atoms with Crippen molar-refractivity contribution in [3.63, 3.8) is 0 Å². The minimum atomic E-state index is -1.29. The largest absolute Gasteiger partial charge is 0.478 e. The van der Waals surface area contributed by atoms with Gasteiger partial charge < -0.3 is 10.1 Å². The molecule has 0 aliphatic carbocycles. The van der Waals surface area contributed by atoms with E-state index < -0.39 is 11.8 Å². The number of nitrogens with zero attached hydrogens (tertiary/aromatic N) is 1. The maximum atomic E-state index is 13.6. The highest BCUT2D eigenvalue weighted by atomic mass is 19.1. The lowest BCUT2D eigenvalue weighted by molar-refractivity contribution is 0.0692. The van der Waals surface area contributed by atoms with Crippen molar-refractivity contribution in [2.45, 2.75) is 13.3 Å². The molecular formula is C16H13FN2O2. The summed E-state index contributed by atoms with van der Waals surface area (Å²) in [7, 11) is 0. The zero-order valence-electron chi connectivity index (χ0n) is 11.4. The number of halogens is 1. The molecule has 0 saturated carbocycles. The molecule has 0 bridgehead atoms. The van der Waals surface area contributed by atoms with Gasteiger partial charge in [0.25, 0.3) is 0 Å². The summed E-state index contributed by atoms with van der Waals surface area (Å²) < 4.78 is 13.6. The van der Waals surface area contributed by atoms with Crippen LogP contribution in [0.1, 0.15) is 27.3 Å². The molecule has 2 aromatic carbocycles. The highest BCUT2D eigenvalue weighted by Gasteiger charge is 2.14. The van der Waals surface area contributed by atoms with Gasteiger partial charge in [-0.15, -0.1) is 0 Å². The van der Waals surface area contributed by atoms with Gasteiger partial charge in [0.2, 0.25) is 0 Å². The fourth-order valence-electron chi connectivity index (χ4n) is 2.35. The Hall–Kier alpha value is -2.69. The summed E-state index contributed by atoms with van der Waals surface area (Å²) in [5.41, 5.74) is 2.84. The Labute approximate surface area is 120 Å². The molecular weight excluding hydrogens is 271 g/mol. The molecule has 0 aliphatic rings. The molecule has 0 aliphatic heterocycles. The summed E-state index contributed by atoms with van der Waals surface area (Å²) in [5, 5.41) is 8.92. The Balaban J connectivity index is 1.99. The zero-order valence-corrected chi connectivity index (χ0v) is 11.4. The normalized spacial score (nSPS) is 11.0. The van der Waals surface area contributed by atoms with Gasteiger partial charge in [-0.05, 0) is 18.6 Å². The molecule has 3 rings (SSSR count). The van der Waals surface area contributed by atoms with E-state index in [0.29, 0.717) is 23.3 Å². The summed E-state index contributed by atoms with van der Waals surface area (Å²) in [6, 6.07) is 10.4. The SMILES string of the molecule is Cc1cccc(Cc2nc3cc(C(=O)O)c(F)cc3[nH]2)c1. The first-order chi connectivity index (χ1) is 10.0. The van der Waals surface area contributed by atoms with E-state index in [1.165, 1.54) is 12.1 Å². The molecule has 1 heterocycles. The predicted octanol–water partition coefficient (Wildman–Crippen LogP) is 3.30. The number of fused-ring (bicyclic) bond motifs is 1. The van der Waals surface area contributed by atoms with Crippen molar-refractivity contribution in [3.05, 3.63) is 64.7 Å². The lowest BCUT2D eigenvalue weighted by atomic mass is 10.1. The first-order valence-electron chi connectivity index (χ1n) is 6.50. The Morgan fingerprint density at radius 1 is 1.33 bits per heavy atom. The number of carbonyl (C=O) groups is 1. The molecule has 0 spiro atoms. The van der Waals surface area contributed by atoms with Crippen molar-refractivity contribution in [2.75, 3.05) is 0 Å². The topological polar surface area (TPSA) is 66.0 Å². The molecule has 4 nitrogen and oxygen atoms in total. The summed E-state index contributed by atoms with van der Waals surface area (Å²) in [6.07, 6.45) is 0.584. The lowest BCUT2D eigenvalue weighted by Gasteiger charge is -1.99. The van der Waals surface area contributed by atoms with Gasteiger partial charge in [0.1, 0.15) is 11.6 Å². The summed E-state index contributed by atoms with van der Waals surface area (Å²) >= 11 is 0. The molecule has 5 heteroatoms. The van der Waals surface area contributed by atoms with Gasteiger partial charge in [-0.2, -0.15) is 0 Å². The Kier molecular flexibility index (Phi) is 3.17. The van der Waals surface area contributed by atoms with Gasteiger partial charge in [0, 0.05) is 12.5 Å². The van der Waals surface area contributed by atoms with Crippen LogP contribution in [-0.4, -0.2) is 21.0 Å². The van der Waals surface area contributed by atoms with Crippen LogP contribution in [0.4, 0.5) is 4.39 Å². The van der Waals surface area contributed by atoms with Gasteiger partial charge in [-0.1, -0.05) is 29.8 Å². The fraction of sp³-hybridized carbons (Fsp3) is 0.125. The van der Waals surface area contributed by atoms with Crippen LogP contribution in [-0.2, 0) is 6.42 Å². The third kappa shape index (κ3) is 2.63. The van der Waals surface area contributed by atoms with Crippen LogP contribution >= 0.6 is 0 Å². The maximum absolute atomic E-state index is 13.6. The van der Waals surface area contributed by atoms with E-state index >= 15 is 0 Å². The monoisotopic (exact) mass is 284 g/mol. The molecule has 0 radical (unpaired) electrons. The molecule has 2 N–H and O–H groups in total. The van der Waals surface area contributed by atoms with E-state index in [1.54, 1.807) is 0 Å². The predicted molar refractivity (Wildman–Crippen MR) is 77.0 cm³/mol. The number of aromatic carboxylic acids is 1. The van der Waals surface area contributed by atoms with Crippen LogP contribution in [0.25, 0.3) is 11.0 Å². The molecule has 0 amide bonds. The Morgan fingerprint density at radius 3 is 2.86 bits per heavy atom. The molecule has 1 aromatic heterocycles. The number of H-pyrrole nitrogens is 1. The number of aromatic amines is 1. The Bertz CT molecular complexity index is 839. The van der Waals surface area contributed by atoms with Crippen molar-refractivity contribution in [3.8, 4) is 0 Å². The summed E-state index contributed by atoms with van der Waals surface area (Å²) in [4.78, 5) is 18.3. The number of carboxylic acid groups (broad SMARTS) is 1. The van der Waals surface area contributed by atoms with E-state index in [0.717, 1.165) is 11.1 Å². The smallest absolute Gasteiger partial charge is 0.338 e. The number of aryl methyl sites for hydroxylation is 1. The van der Waals surface area contributed by atoms with Crippen molar-refractivity contribution in [1.29, 1.82) is 0 Å². The van der Waals surface area contributed by atoms with Crippen molar-refractivity contribution in [2.24, 2.45) is 0 Å². The van der Waals surface area contributed by atoms with Crippen molar-refractivity contribution >= 4 is 17.0 Å². The van der Waals surface area contributed by atoms with E-state index in [2.05, 4.69) is 16.0 Å². The van der Waals surface area contributed by atoms with Crippen LogP contribution in [0, 0.1) is 12.7 Å². The van der Waals surface area contributed by atoms with Crippen molar-refractivity contribution in [1.82, 2.24) is 9.97 Å². The quantitative estimate of drug-likeness (QED) is 0.775. The number of imidazole rings is 1. The molecule has 0 unspecified atom stereocenters. The summed E-state index contributed by atoms with van der Waals surface area (Å²) in [5.74, 6) is -1.38. The first-order valence-corrected chi connectivity index (χ1v) is 6.50. The molecule has 0 fully saturated rings. The maximum Gasteiger partial charge on any atom is 0.338 e. The van der Waals surface area contributed by atoms with Gasteiger partial charge in [0.15, 0.2) is 0 Å². The van der Waals surface area contributed by atoms with Crippen LogP contribution < -0.4 is 0 Å². The number of rotatable bonds is 3. The third-order valence-electron chi connectivity index (χ3n) is 3.30. The average molecular weight is 284 g/mol. The van der Waals surface area contributed by atoms with Crippen LogP contribution in [0.3, 0.4) is 0 Å². The van der Waals surface area contributed by atoms with E-state index in [9.17, 15) is 9.18 Å². The second-order valence-electron chi connectivity index (χ2n) is 5.00. The molecule has 106 valence electrons. The van der Waals surface area contributed by atoms with Gasteiger partial charge >= 0.3 is 5.97 Å². The number of benzene rings is 2. The highest BCUT2D eigenvalue weighted by Crippen LogP contribution is 2.19. The third-order valence-corrected chi connectivity index (χ3v) is 3.30. The van der Waals surface area contributed by atoms with Gasteiger partial charge in [-0.25, -0.2) is 14.2 Å². The van der Waals surface area contributed by atoms with E-state index in [-0.39, 0.29) is 5.56 Å². The number of nitrogens with one attached hydrogen (secondary N) is 1. The van der Waals surface area contributed by atoms with Gasteiger partial charge in [-0.3, -0.25) is 0 Å². The second kappa shape index (κ2) is 5.01. The minimum Gasteiger partial charge on any atom is -0.478 e.